The molecule has 0 unspecified atom stereocenters. The zero-order valence-corrected chi connectivity index (χ0v) is 27.4. The molecule has 2 N–H and O–H groups in total. The zero-order valence-electron chi connectivity index (χ0n) is 26.5. The topological polar surface area (TPSA) is 101 Å². The van der Waals surface area contributed by atoms with E-state index in [9.17, 15) is 26.7 Å². The van der Waals surface area contributed by atoms with Gasteiger partial charge in [0.2, 0.25) is 5.91 Å². The highest BCUT2D eigenvalue weighted by Crippen LogP contribution is 2.48. The minimum atomic E-state index is -5.03. The normalized spacial score (nSPS) is 24.2. The van der Waals surface area contributed by atoms with E-state index in [1.165, 1.54) is 0 Å². The Morgan fingerprint density at radius 3 is 2.57 bits per heavy atom. The van der Waals surface area contributed by atoms with Crippen LogP contribution < -0.4 is 15.4 Å². The van der Waals surface area contributed by atoms with E-state index in [0.717, 1.165) is 36.0 Å². The summed E-state index contributed by atoms with van der Waals surface area (Å²) in [5.41, 5.74) is 1.93. The quantitative estimate of drug-likeness (QED) is 0.246. The number of benzene rings is 2. The number of anilines is 2. The lowest BCUT2D eigenvalue weighted by atomic mass is 9.77. The molecule has 2 atom stereocenters. The molecule has 9 nitrogen and oxygen atoms in total. The fourth-order valence-corrected chi connectivity index (χ4v) is 9.22. The predicted octanol–water partition coefficient (Wildman–Crippen LogP) is 6.19. The second-order valence-corrected chi connectivity index (χ2v) is 15.0. The van der Waals surface area contributed by atoms with Crippen molar-refractivity contribution in [2.45, 2.75) is 56.4 Å². The van der Waals surface area contributed by atoms with Gasteiger partial charge in [-0.05, 0) is 50.4 Å². The molecule has 4 aliphatic heterocycles. The van der Waals surface area contributed by atoms with Gasteiger partial charge in [0.25, 0.3) is 0 Å². The Bertz CT molecular complexity index is 2000. The van der Waals surface area contributed by atoms with Crippen molar-refractivity contribution >= 4 is 49.3 Å². The van der Waals surface area contributed by atoms with Crippen LogP contribution in [0.5, 0.6) is 6.01 Å². The van der Waals surface area contributed by atoms with Crippen molar-refractivity contribution in [3.05, 3.63) is 35.4 Å². The number of carbonyl (C=O) groups is 1. The summed E-state index contributed by atoms with van der Waals surface area (Å²) < 4.78 is 96.7. The van der Waals surface area contributed by atoms with Gasteiger partial charge in [-0.15, -0.1) is 0 Å². The first-order valence-electron chi connectivity index (χ1n) is 16.2. The number of likely N-dealkylation sites (tertiary alicyclic amines) is 1. The Hall–Kier alpha value is -3.92. The summed E-state index contributed by atoms with van der Waals surface area (Å²) >= 11 is 0.749. The summed E-state index contributed by atoms with van der Waals surface area (Å²) in [6.45, 7) is 2.32. The van der Waals surface area contributed by atoms with E-state index in [0.29, 0.717) is 51.9 Å². The Labute approximate surface area is 281 Å². The molecule has 0 saturated carbocycles. The van der Waals surface area contributed by atoms with E-state index >= 15 is 4.39 Å². The minimum absolute atomic E-state index is 0.0295. The highest BCUT2D eigenvalue weighted by molar-refractivity contribution is 7.22. The van der Waals surface area contributed by atoms with E-state index in [2.05, 4.69) is 15.0 Å². The van der Waals surface area contributed by atoms with E-state index < -0.39 is 46.2 Å². The molecule has 0 bridgehead atoms. The standard InChI is InChI=1S/C33H33F6N7O2S/c1-44-15-31(13-22(44)47)6-9-45(10-7-31)28-19-11-20(33(37,38)39)23(18-3-4-21(35)27-26(18)41-29(40)49-27)24(36)25(19)42-30(43-28)48-16-32-5-2-8-46(32)14-17(34)12-32/h3-4,11,17H,2,5-10,12-16H2,1H3,(H2,40,41)/t17-,32+/m1/s1. The van der Waals surface area contributed by atoms with Crippen LogP contribution in [0.1, 0.15) is 44.1 Å². The number of piperidine rings is 1. The molecule has 6 heterocycles. The molecule has 1 amide bonds. The summed E-state index contributed by atoms with van der Waals surface area (Å²) in [7, 11) is 1.75. The number of alkyl halides is 4. The lowest BCUT2D eigenvalue weighted by Gasteiger charge is -2.39. The molecular formula is C33H33F6N7O2S. The maximum absolute atomic E-state index is 16.9. The van der Waals surface area contributed by atoms with Gasteiger partial charge in [-0.2, -0.15) is 23.1 Å². The summed E-state index contributed by atoms with van der Waals surface area (Å²) in [6.07, 6.45) is -2.70. The number of ether oxygens (including phenoxy) is 1. The van der Waals surface area contributed by atoms with Gasteiger partial charge in [-0.1, -0.05) is 11.3 Å². The highest BCUT2D eigenvalue weighted by atomic mass is 32.1. The molecule has 4 aromatic rings. The van der Waals surface area contributed by atoms with Gasteiger partial charge >= 0.3 is 12.2 Å². The molecule has 49 heavy (non-hydrogen) atoms. The van der Waals surface area contributed by atoms with Gasteiger partial charge < -0.3 is 20.3 Å². The van der Waals surface area contributed by atoms with Crippen molar-refractivity contribution in [2.75, 3.05) is 57.0 Å². The molecule has 8 rings (SSSR count). The zero-order chi connectivity index (χ0) is 34.5. The van der Waals surface area contributed by atoms with Gasteiger partial charge in [0.15, 0.2) is 10.9 Å². The van der Waals surface area contributed by atoms with Crippen LogP contribution in [0.15, 0.2) is 18.2 Å². The van der Waals surface area contributed by atoms with Crippen LogP contribution in [-0.4, -0.2) is 88.7 Å². The predicted molar refractivity (Wildman–Crippen MR) is 172 cm³/mol. The first kappa shape index (κ1) is 32.3. The van der Waals surface area contributed by atoms with Crippen molar-refractivity contribution in [1.29, 1.82) is 0 Å². The molecule has 0 aliphatic carbocycles. The summed E-state index contributed by atoms with van der Waals surface area (Å²) in [5, 5.41) is -0.254. The fraction of sp³-hybridized carbons (Fsp3) is 0.515. The van der Waals surface area contributed by atoms with E-state index in [4.69, 9.17) is 10.5 Å². The van der Waals surface area contributed by atoms with Crippen LogP contribution in [0.3, 0.4) is 0 Å². The van der Waals surface area contributed by atoms with E-state index in [1.807, 2.05) is 4.90 Å². The Morgan fingerprint density at radius 2 is 1.86 bits per heavy atom. The molecule has 2 aromatic heterocycles. The first-order chi connectivity index (χ1) is 23.3. The largest absolute Gasteiger partial charge is 0.461 e. The molecule has 4 saturated heterocycles. The van der Waals surface area contributed by atoms with E-state index in [-0.39, 0.29) is 69.0 Å². The number of hydrogen-bond donors (Lipinski definition) is 1. The van der Waals surface area contributed by atoms with Crippen molar-refractivity contribution in [3.8, 4) is 17.1 Å². The third kappa shape index (κ3) is 5.32. The number of nitrogens with zero attached hydrogens (tertiary/aromatic N) is 6. The van der Waals surface area contributed by atoms with Gasteiger partial charge in [-0.3, -0.25) is 9.69 Å². The van der Waals surface area contributed by atoms with Gasteiger partial charge in [0.05, 0.1) is 21.3 Å². The van der Waals surface area contributed by atoms with Gasteiger partial charge in [-0.25, -0.2) is 18.2 Å². The number of carbonyl (C=O) groups excluding carboxylic acids is 1. The molecule has 2 aromatic carbocycles. The lowest BCUT2D eigenvalue weighted by Crippen LogP contribution is -2.43. The molecule has 16 heteroatoms. The molecule has 0 radical (unpaired) electrons. The Kier molecular flexibility index (Phi) is 7.45. The molecular weight excluding hydrogens is 672 g/mol. The van der Waals surface area contributed by atoms with Crippen LogP contribution in [0.25, 0.3) is 32.2 Å². The van der Waals surface area contributed by atoms with E-state index in [1.54, 1.807) is 16.8 Å². The first-order valence-corrected chi connectivity index (χ1v) is 17.0. The number of aromatic nitrogens is 3. The van der Waals surface area contributed by atoms with Crippen LogP contribution in [0, 0.1) is 17.0 Å². The molecule has 4 fully saturated rings. The second-order valence-electron chi connectivity index (χ2n) is 13.9. The second kappa shape index (κ2) is 11.3. The maximum Gasteiger partial charge on any atom is 0.417 e. The summed E-state index contributed by atoms with van der Waals surface area (Å²) in [4.78, 5) is 30.9. The van der Waals surface area contributed by atoms with Gasteiger partial charge in [0, 0.05) is 68.0 Å². The highest BCUT2D eigenvalue weighted by Gasteiger charge is 2.50. The lowest BCUT2D eigenvalue weighted by molar-refractivity contribution is -0.137. The SMILES string of the molecule is CN1CC2(CCN(c3nc(OC[C@@]45CCCN4C[C@H](F)C5)nc4c(F)c(-c5ccc(F)c6sc(N)nc56)c(C(F)(F)F)cc34)CC2)CC1=O. The van der Waals surface area contributed by atoms with Crippen molar-refractivity contribution in [3.63, 3.8) is 0 Å². The minimum Gasteiger partial charge on any atom is -0.461 e. The maximum atomic E-state index is 16.9. The average Bonchev–Trinajstić information content (AvgIpc) is 3.77. The smallest absolute Gasteiger partial charge is 0.417 e. The fourth-order valence-electron chi connectivity index (χ4n) is 8.46. The molecule has 4 aliphatic rings. The number of nitrogen functional groups attached to an aromatic ring is 1. The summed E-state index contributed by atoms with van der Waals surface area (Å²) in [6, 6.07) is 2.60. The molecule has 260 valence electrons. The monoisotopic (exact) mass is 705 g/mol. The van der Waals surface area contributed by atoms with Crippen LogP contribution in [0.2, 0.25) is 0 Å². The van der Waals surface area contributed by atoms with Crippen LogP contribution in [0.4, 0.5) is 37.3 Å². The average molecular weight is 706 g/mol. The number of amides is 1. The third-order valence-corrected chi connectivity index (χ3v) is 11.7. The van der Waals surface area contributed by atoms with Gasteiger partial charge in [0.1, 0.15) is 29.9 Å². The van der Waals surface area contributed by atoms with Crippen molar-refractivity contribution in [1.82, 2.24) is 24.8 Å². The van der Waals surface area contributed by atoms with Crippen LogP contribution >= 0.6 is 11.3 Å². The number of rotatable bonds is 5. The number of hydrogen-bond acceptors (Lipinski definition) is 9. The van der Waals surface area contributed by atoms with Crippen molar-refractivity contribution < 1.29 is 35.9 Å². The number of halogens is 6. The summed E-state index contributed by atoms with van der Waals surface area (Å²) in [5.74, 6) is -1.93. The Balaban J connectivity index is 1.27. The Morgan fingerprint density at radius 1 is 1.08 bits per heavy atom. The number of thiazole rings is 1. The third-order valence-electron chi connectivity index (χ3n) is 10.9. The number of nitrogens with two attached hydrogens (primary N) is 1. The van der Waals surface area contributed by atoms with Crippen LogP contribution in [-0.2, 0) is 11.0 Å². The number of fused-ring (bicyclic) bond motifs is 3. The van der Waals surface area contributed by atoms with Crippen molar-refractivity contribution in [2.24, 2.45) is 5.41 Å². The molecule has 1 spiro atoms.